The second-order valence-electron chi connectivity index (χ2n) is 6.77. The zero-order chi connectivity index (χ0) is 19.8. The highest BCUT2D eigenvalue weighted by Crippen LogP contribution is 2.42. The Morgan fingerprint density at radius 1 is 1.30 bits per heavy atom. The average Bonchev–Trinajstić information content (AvgIpc) is 2.62. The molecular formula is C19H21N3O5. The molecule has 1 N–H and O–H groups in total. The highest BCUT2D eigenvalue weighted by Gasteiger charge is 2.37. The van der Waals surface area contributed by atoms with Crippen LogP contribution in [0.2, 0.25) is 0 Å². The van der Waals surface area contributed by atoms with Crippen LogP contribution in [-0.4, -0.2) is 38.5 Å². The van der Waals surface area contributed by atoms with Gasteiger partial charge in [-0.25, -0.2) is 0 Å². The van der Waals surface area contributed by atoms with Crippen molar-refractivity contribution in [1.29, 1.82) is 0 Å². The van der Waals surface area contributed by atoms with Crippen molar-refractivity contribution < 1.29 is 14.9 Å². The molecule has 0 aliphatic carbocycles. The fourth-order valence-corrected chi connectivity index (χ4v) is 3.14. The summed E-state index contributed by atoms with van der Waals surface area (Å²) < 4.78 is 7.51. The number of non-ortho nitro benzene ring substituents is 1. The maximum Gasteiger partial charge on any atom is 0.270 e. The number of likely N-dealkylation sites (N-methyl/N-ethyl adjacent to an activating group) is 1. The van der Waals surface area contributed by atoms with E-state index in [-0.39, 0.29) is 17.8 Å². The van der Waals surface area contributed by atoms with Crippen LogP contribution in [0.15, 0.2) is 53.0 Å². The lowest BCUT2D eigenvalue weighted by molar-refractivity contribution is -0.384. The predicted molar refractivity (Wildman–Crippen MR) is 99.9 cm³/mol. The first kappa shape index (κ1) is 18.8. The number of nitrogens with zero attached hydrogens (tertiary/aromatic N) is 3. The molecule has 2 heterocycles. The SMILES string of the molecule is CCN(O)CC1=C(n2ccccc2=O)c2cc([N+](=O)[O-])ccc2OC1(C)C. The molecule has 1 aliphatic heterocycles. The third-order valence-electron chi connectivity index (χ3n) is 4.58. The van der Waals surface area contributed by atoms with Gasteiger partial charge in [0.2, 0.25) is 0 Å². The minimum Gasteiger partial charge on any atom is -0.483 e. The smallest absolute Gasteiger partial charge is 0.270 e. The van der Waals surface area contributed by atoms with E-state index in [1.54, 1.807) is 25.3 Å². The van der Waals surface area contributed by atoms with Gasteiger partial charge in [-0.1, -0.05) is 13.0 Å². The quantitative estimate of drug-likeness (QED) is 0.641. The number of aromatic nitrogens is 1. The second-order valence-corrected chi connectivity index (χ2v) is 6.77. The Bertz CT molecular complexity index is 977. The van der Waals surface area contributed by atoms with Gasteiger partial charge in [0, 0.05) is 42.1 Å². The van der Waals surface area contributed by atoms with Gasteiger partial charge in [0.05, 0.1) is 17.2 Å². The van der Waals surface area contributed by atoms with Gasteiger partial charge in [-0.15, -0.1) is 0 Å². The van der Waals surface area contributed by atoms with Crippen LogP contribution in [0.1, 0.15) is 26.3 Å². The summed E-state index contributed by atoms with van der Waals surface area (Å²) in [5.41, 5.74) is 0.368. The summed E-state index contributed by atoms with van der Waals surface area (Å²) >= 11 is 0. The molecule has 0 bridgehead atoms. The Labute approximate surface area is 156 Å². The third kappa shape index (κ3) is 3.49. The van der Waals surface area contributed by atoms with Gasteiger partial charge in [0.1, 0.15) is 11.4 Å². The molecule has 0 spiro atoms. The molecule has 0 amide bonds. The fourth-order valence-electron chi connectivity index (χ4n) is 3.14. The van der Waals surface area contributed by atoms with Crippen LogP contribution in [0.25, 0.3) is 5.70 Å². The highest BCUT2D eigenvalue weighted by atomic mass is 16.6. The predicted octanol–water partition coefficient (Wildman–Crippen LogP) is 2.90. The second kappa shape index (κ2) is 6.98. The van der Waals surface area contributed by atoms with E-state index in [0.717, 1.165) is 5.06 Å². The van der Waals surface area contributed by atoms with Gasteiger partial charge in [0.15, 0.2) is 0 Å². The molecular weight excluding hydrogens is 350 g/mol. The van der Waals surface area contributed by atoms with Crippen LogP contribution in [0.4, 0.5) is 5.69 Å². The number of nitro groups is 1. The first-order valence-corrected chi connectivity index (χ1v) is 8.58. The molecule has 0 saturated heterocycles. The van der Waals surface area contributed by atoms with E-state index in [9.17, 15) is 20.1 Å². The van der Waals surface area contributed by atoms with Gasteiger partial charge in [-0.3, -0.25) is 19.5 Å². The summed E-state index contributed by atoms with van der Waals surface area (Å²) in [7, 11) is 0. The Morgan fingerprint density at radius 2 is 2.04 bits per heavy atom. The van der Waals surface area contributed by atoms with Crippen LogP contribution in [0.5, 0.6) is 5.75 Å². The summed E-state index contributed by atoms with van der Waals surface area (Å²) in [6.07, 6.45) is 1.61. The number of hydroxylamine groups is 2. The minimum absolute atomic E-state index is 0.103. The largest absolute Gasteiger partial charge is 0.483 e. The van der Waals surface area contributed by atoms with Gasteiger partial charge < -0.3 is 9.94 Å². The van der Waals surface area contributed by atoms with E-state index in [2.05, 4.69) is 0 Å². The summed E-state index contributed by atoms with van der Waals surface area (Å²) in [6.45, 7) is 5.97. The molecule has 0 atom stereocenters. The molecule has 0 fully saturated rings. The average molecular weight is 371 g/mol. The van der Waals surface area contributed by atoms with Crippen LogP contribution >= 0.6 is 0 Å². The molecule has 1 aliphatic rings. The number of hydrogen-bond acceptors (Lipinski definition) is 6. The lowest BCUT2D eigenvalue weighted by atomic mass is 9.88. The Balaban J connectivity index is 2.36. The summed E-state index contributed by atoms with van der Waals surface area (Å²) in [5, 5.41) is 22.5. The van der Waals surface area contributed by atoms with Crippen LogP contribution in [-0.2, 0) is 0 Å². The molecule has 8 nitrogen and oxygen atoms in total. The van der Waals surface area contributed by atoms with Gasteiger partial charge in [-0.2, -0.15) is 5.06 Å². The van der Waals surface area contributed by atoms with Gasteiger partial charge >= 0.3 is 0 Å². The minimum atomic E-state index is -0.829. The lowest BCUT2D eigenvalue weighted by Gasteiger charge is -2.38. The number of hydrogen-bond donors (Lipinski definition) is 1. The molecule has 8 heteroatoms. The zero-order valence-corrected chi connectivity index (χ0v) is 15.4. The number of benzene rings is 1. The van der Waals surface area contributed by atoms with Gasteiger partial charge in [0.25, 0.3) is 11.2 Å². The van der Waals surface area contributed by atoms with Crippen molar-refractivity contribution in [3.8, 4) is 5.75 Å². The molecule has 142 valence electrons. The molecule has 0 unspecified atom stereocenters. The number of pyridine rings is 1. The zero-order valence-electron chi connectivity index (χ0n) is 15.4. The number of fused-ring (bicyclic) bond motifs is 1. The number of nitro benzene ring substituents is 1. The van der Waals surface area contributed by atoms with Crippen LogP contribution in [0.3, 0.4) is 0 Å². The van der Waals surface area contributed by atoms with Crippen LogP contribution in [0, 0.1) is 10.1 Å². The summed E-state index contributed by atoms with van der Waals surface area (Å²) in [5.74, 6) is 0.445. The molecule has 2 aromatic rings. The Kier molecular flexibility index (Phi) is 4.86. The Hall–Kier alpha value is -2.97. The van der Waals surface area contributed by atoms with E-state index in [0.29, 0.717) is 29.1 Å². The maximum atomic E-state index is 12.5. The van der Waals surface area contributed by atoms with Gasteiger partial charge in [-0.05, 0) is 26.0 Å². The topological polar surface area (TPSA) is 97.8 Å². The third-order valence-corrected chi connectivity index (χ3v) is 4.58. The van der Waals surface area contributed by atoms with Crippen LogP contribution < -0.4 is 10.3 Å². The fraction of sp³-hybridized carbons (Fsp3) is 0.316. The van der Waals surface area contributed by atoms with E-state index >= 15 is 0 Å². The molecule has 3 rings (SSSR count). The first-order valence-electron chi connectivity index (χ1n) is 8.58. The van der Waals surface area contributed by atoms with Crippen molar-refractivity contribution in [3.05, 3.63) is 74.2 Å². The molecule has 1 aromatic carbocycles. The lowest BCUT2D eigenvalue weighted by Crippen LogP contribution is -2.41. The monoisotopic (exact) mass is 371 g/mol. The number of rotatable bonds is 5. The summed E-state index contributed by atoms with van der Waals surface area (Å²) in [6, 6.07) is 9.06. The van der Waals surface area contributed by atoms with Crippen molar-refractivity contribution in [3.63, 3.8) is 0 Å². The van der Waals surface area contributed by atoms with E-state index in [1.165, 1.54) is 28.8 Å². The van der Waals surface area contributed by atoms with Crippen molar-refractivity contribution in [2.75, 3.05) is 13.1 Å². The Morgan fingerprint density at radius 3 is 2.67 bits per heavy atom. The van der Waals surface area contributed by atoms with Crippen molar-refractivity contribution in [1.82, 2.24) is 9.63 Å². The van der Waals surface area contributed by atoms with E-state index in [4.69, 9.17) is 4.74 Å². The number of ether oxygens (including phenoxy) is 1. The molecule has 27 heavy (non-hydrogen) atoms. The van der Waals surface area contributed by atoms with Crippen molar-refractivity contribution in [2.24, 2.45) is 0 Å². The van der Waals surface area contributed by atoms with E-state index in [1.807, 2.05) is 13.8 Å². The normalized spacial score (nSPS) is 15.4. The standard InChI is InChI=1S/C19H21N3O5/c1-4-20(24)12-15-18(21-10-6-5-7-17(21)23)14-11-13(22(25)26)8-9-16(14)27-19(15,2)3/h5-11,24H,4,12H2,1-3H3. The summed E-state index contributed by atoms with van der Waals surface area (Å²) in [4.78, 5) is 23.3. The van der Waals surface area contributed by atoms with Crippen molar-refractivity contribution >= 4 is 11.4 Å². The first-order chi connectivity index (χ1) is 12.7. The molecule has 0 saturated carbocycles. The molecule has 0 radical (unpaired) electrons. The molecule has 1 aromatic heterocycles. The van der Waals surface area contributed by atoms with Crippen molar-refractivity contribution in [2.45, 2.75) is 26.4 Å². The van der Waals surface area contributed by atoms with E-state index < -0.39 is 10.5 Å². The maximum absolute atomic E-state index is 12.5. The highest BCUT2D eigenvalue weighted by molar-refractivity contribution is 5.78.